The predicted molar refractivity (Wildman–Crippen MR) is 44.4 cm³/mol. The van der Waals surface area contributed by atoms with Crippen LogP contribution in [0.3, 0.4) is 0 Å². The largest absolute Gasteiger partial charge is 0.454 e. The zero-order chi connectivity index (χ0) is 8.69. The van der Waals surface area contributed by atoms with Crippen LogP contribution in [-0.4, -0.2) is 13.0 Å². The van der Waals surface area contributed by atoms with Crippen LogP contribution in [0.4, 0.5) is 0 Å². The second-order valence-electron chi connectivity index (χ2n) is 1.48. The van der Waals surface area contributed by atoms with E-state index in [0.717, 1.165) is 6.21 Å². The summed E-state index contributed by atoms with van der Waals surface area (Å²) in [5, 5.41) is 6.80. The molecule has 3 heteroatoms. The Morgan fingerprint density at radius 2 is 1.91 bits per heavy atom. The van der Waals surface area contributed by atoms with E-state index < -0.39 is 0 Å². The van der Waals surface area contributed by atoms with Crippen molar-refractivity contribution in [3.63, 3.8) is 0 Å². The molecule has 0 aliphatic carbocycles. The maximum Gasteiger partial charge on any atom is 0.231 e. The normalized spacial score (nSPS) is 14.0. The minimum absolute atomic E-state index is 0.200. The molecule has 62 valence electrons. The van der Waals surface area contributed by atoms with Crippen LogP contribution in [0.2, 0.25) is 0 Å². The smallest absolute Gasteiger partial charge is 0.231 e. The number of allylic oxidation sites excluding steroid dienone is 2. The molecule has 1 N–H and O–H groups in total. The molecule has 1 heterocycles. The fourth-order valence-corrected chi connectivity index (χ4v) is 0.571. The van der Waals surface area contributed by atoms with Gasteiger partial charge < -0.3 is 14.9 Å². The summed E-state index contributed by atoms with van der Waals surface area (Å²) in [6, 6.07) is 0. The lowest BCUT2D eigenvalue weighted by atomic mass is 10.4. The number of rotatable bonds is 2. The zero-order valence-electron chi connectivity index (χ0n) is 6.89. The van der Waals surface area contributed by atoms with Gasteiger partial charge in [0.25, 0.3) is 0 Å². The SMILES string of the molecule is C=CC1=C(C=N)OCO1.CC. The Morgan fingerprint density at radius 1 is 1.36 bits per heavy atom. The van der Waals surface area contributed by atoms with E-state index in [1.54, 1.807) is 0 Å². The molecule has 1 aliphatic heterocycles. The molecular weight excluding hydrogens is 142 g/mol. The zero-order valence-corrected chi connectivity index (χ0v) is 6.89. The highest BCUT2D eigenvalue weighted by molar-refractivity contribution is 5.74. The molecule has 1 aliphatic rings. The molecule has 3 nitrogen and oxygen atoms in total. The molecule has 0 fully saturated rings. The summed E-state index contributed by atoms with van der Waals surface area (Å²) >= 11 is 0. The average Bonchev–Trinajstić information content (AvgIpc) is 2.54. The summed E-state index contributed by atoms with van der Waals surface area (Å²) in [5.74, 6) is 0.995. The molecule has 0 spiro atoms. The summed E-state index contributed by atoms with van der Waals surface area (Å²) in [6.45, 7) is 7.68. The van der Waals surface area contributed by atoms with E-state index in [2.05, 4.69) is 6.58 Å². The van der Waals surface area contributed by atoms with Crippen molar-refractivity contribution in [3.05, 3.63) is 24.2 Å². The molecule has 0 saturated heterocycles. The average molecular weight is 155 g/mol. The van der Waals surface area contributed by atoms with Crippen molar-refractivity contribution < 1.29 is 9.47 Å². The maximum absolute atomic E-state index is 6.80. The van der Waals surface area contributed by atoms with Gasteiger partial charge in [0.2, 0.25) is 6.79 Å². The Labute approximate surface area is 66.8 Å². The Hall–Kier alpha value is -1.25. The summed E-state index contributed by atoms with van der Waals surface area (Å²) in [6.07, 6.45) is 2.62. The van der Waals surface area contributed by atoms with Gasteiger partial charge in [0, 0.05) is 0 Å². The van der Waals surface area contributed by atoms with E-state index in [9.17, 15) is 0 Å². The highest BCUT2D eigenvalue weighted by atomic mass is 16.7. The number of ether oxygens (including phenoxy) is 2. The third kappa shape index (κ3) is 2.45. The molecule has 0 aromatic carbocycles. The lowest BCUT2D eigenvalue weighted by Crippen LogP contribution is -1.84. The molecule has 0 atom stereocenters. The van der Waals surface area contributed by atoms with Crippen molar-refractivity contribution >= 4 is 6.21 Å². The monoisotopic (exact) mass is 155 g/mol. The van der Waals surface area contributed by atoms with Gasteiger partial charge in [-0.15, -0.1) is 0 Å². The van der Waals surface area contributed by atoms with Gasteiger partial charge in [-0.25, -0.2) is 0 Å². The van der Waals surface area contributed by atoms with Gasteiger partial charge in [-0.3, -0.25) is 0 Å². The van der Waals surface area contributed by atoms with Crippen LogP contribution in [0.25, 0.3) is 0 Å². The van der Waals surface area contributed by atoms with Crippen molar-refractivity contribution in [3.8, 4) is 0 Å². The first-order chi connectivity index (χ1) is 5.38. The second kappa shape index (κ2) is 5.53. The van der Waals surface area contributed by atoms with Gasteiger partial charge in [-0.1, -0.05) is 20.4 Å². The highest BCUT2D eigenvalue weighted by Gasteiger charge is 2.10. The van der Waals surface area contributed by atoms with Crippen LogP contribution in [0.1, 0.15) is 13.8 Å². The molecule has 0 amide bonds. The van der Waals surface area contributed by atoms with E-state index in [1.807, 2.05) is 13.8 Å². The molecule has 0 unspecified atom stereocenters. The number of hydrogen-bond acceptors (Lipinski definition) is 3. The molecule has 11 heavy (non-hydrogen) atoms. The van der Waals surface area contributed by atoms with Gasteiger partial charge in [-0.05, 0) is 6.08 Å². The van der Waals surface area contributed by atoms with Crippen LogP contribution in [0, 0.1) is 5.41 Å². The molecule has 0 aromatic heterocycles. The first-order valence-corrected chi connectivity index (χ1v) is 3.51. The van der Waals surface area contributed by atoms with Crippen LogP contribution in [-0.2, 0) is 9.47 Å². The van der Waals surface area contributed by atoms with Gasteiger partial charge >= 0.3 is 0 Å². The van der Waals surface area contributed by atoms with Crippen LogP contribution in [0.15, 0.2) is 24.2 Å². The molecule has 0 aromatic rings. The Balaban J connectivity index is 0.000000461. The van der Waals surface area contributed by atoms with Crippen molar-refractivity contribution in [2.45, 2.75) is 13.8 Å². The molecule has 0 radical (unpaired) electrons. The van der Waals surface area contributed by atoms with Crippen LogP contribution < -0.4 is 0 Å². The quantitative estimate of drug-likeness (QED) is 0.620. The van der Waals surface area contributed by atoms with E-state index >= 15 is 0 Å². The van der Waals surface area contributed by atoms with E-state index in [-0.39, 0.29) is 6.79 Å². The topological polar surface area (TPSA) is 42.3 Å². The molecular formula is C8H13NO2. The van der Waals surface area contributed by atoms with Gasteiger partial charge in [0.1, 0.15) is 0 Å². The first-order valence-electron chi connectivity index (χ1n) is 3.51. The second-order valence-corrected chi connectivity index (χ2v) is 1.48. The lowest BCUT2D eigenvalue weighted by Gasteiger charge is -1.88. The minimum atomic E-state index is 0.200. The van der Waals surface area contributed by atoms with Gasteiger partial charge in [-0.2, -0.15) is 0 Å². The lowest BCUT2D eigenvalue weighted by molar-refractivity contribution is 0.0800. The van der Waals surface area contributed by atoms with Crippen LogP contribution >= 0.6 is 0 Å². The summed E-state index contributed by atoms with van der Waals surface area (Å²) in [7, 11) is 0. The predicted octanol–water partition coefficient (Wildman–Crippen LogP) is 2.06. The fraction of sp³-hybridized carbons (Fsp3) is 0.375. The van der Waals surface area contributed by atoms with Crippen molar-refractivity contribution in [2.75, 3.05) is 6.79 Å². The molecule has 0 saturated carbocycles. The summed E-state index contributed by atoms with van der Waals surface area (Å²) in [5.41, 5.74) is 0. The van der Waals surface area contributed by atoms with Gasteiger partial charge in [0.05, 0.1) is 6.21 Å². The first kappa shape index (κ1) is 9.75. The van der Waals surface area contributed by atoms with Gasteiger partial charge in [0.15, 0.2) is 11.5 Å². The highest BCUT2D eigenvalue weighted by Crippen LogP contribution is 2.13. The third-order valence-electron chi connectivity index (χ3n) is 0.988. The maximum atomic E-state index is 6.80. The third-order valence-corrected chi connectivity index (χ3v) is 0.988. The summed E-state index contributed by atoms with van der Waals surface area (Å²) in [4.78, 5) is 0. The number of hydrogen-bond donors (Lipinski definition) is 1. The standard InChI is InChI=1S/C6H7NO2.C2H6/c1-2-5-6(3-7)9-4-8-5;1-2/h2-3,7H,1,4H2;1-2H3. The molecule has 1 rings (SSSR count). The Morgan fingerprint density at radius 3 is 2.27 bits per heavy atom. The minimum Gasteiger partial charge on any atom is -0.454 e. The van der Waals surface area contributed by atoms with Crippen molar-refractivity contribution in [1.82, 2.24) is 0 Å². The van der Waals surface area contributed by atoms with E-state index in [0.29, 0.717) is 11.5 Å². The fourth-order valence-electron chi connectivity index (χ4n) is 0.571. The van der Waals surface area contributed by atoms with E-state index in [4.69, 9.17) is 14.9 Å². The van der Waals surface area contributed by atoms with E-state index in [1.165, 1.54) is 6.08 Å². The Bertz CT molecular complexity index is 155. The van der Waals surface area contributed by atoms with Crippen LogP contribution in [0.5, 0.6) is 0 Å². The Kier molecular flexibility index (Phi) is 4.90. The van der Waals surface area contributed by atoms with Crippen molar-refractivity contribution in [1.29, 1.82) is 5.41 Å². The van der Waals surface area contributed by atoms with Crippen molar-refractivity contribution in [2.24, 2.45) is 0 Å². The summed E-state index contributed by atoms with van der Waals surface area (Å²) < 4.78 is 9.74. The number of nitrogens with one attached hydrogen (secondary N) is 1. The molecule has 0 bridgehead atoms.